The highest BCUT2D eigenvalue weighted by atomic mass is 35.5. The third kappa shape index (κ3) is 2.58. The quantitative estimate of drug-likeness (QED) is 0.887. The number of carboxylic acid groups (broad SMARTS) is 1. The van der Waals surface area contributed by atoms with Gasteiger partial charge in [0.15, 0.2) is 11.0 Å². The maximum Gasteiger partial charge on any atom is 0.308 e. The molecule has 0 spiro atoms. The summed E-state index contributed by atoms with van der Waals surface area (Å²) in [5.41, 5.74) is 0.203. The van der Waals surface area contributed by atoms with Crippen LogP contribution in [0.15, 0.2) is 21.7 Å². The Labute approximate surface area is 137 Å². The molecule has 1 aromatic heterocycles. The fourth-order valence-corrected chi connectivity index (χ4v) is 4.94. The predicted molar refractivity (Wildman–Crippen MR) is 80.5 cm³/mol. The van der Waals surface area contributed by atoms with Crippen molar-refractivity contribution in [3.8, 4) is 0 Å². The van der Waals surface area contributed by atoms with Crippen molar-refractivity contribution < 1.29 is 22.9 Å². The molecule has 10 heteroatoms. The Morgan fingerprint density at radius 2 is 2.09 bits per heavy atom. The number of carbonyl (C=O) groups is 1. The second-order valence-electron chi connectivity index (χ2n) is 5.45. The monoisotopic (exact) mass is 359 g/mol. The summed E-state index contributed by atoms with van der Waals surface area (Å²) in [5, 5.41) is 16.7. The Bertz CT molecular complexity index is 866. The molecule has 1 N–H and O–H groups in total. The van der Waals surface area contributed by atoms with Gasteiger partial charge >= 0.3 is 5.97 Å². The first-order chi connectivity index (χ1) is 10.8. The number of halogens is 1. The average molecular weight is 360 g/mol. The molecule has 0 amide bonds. The van der Waals surface area contributed by atoms with Crippen LogP contribution in [0, 0.1) is 5.92 Å². The molecule has 0 radical (unpaired) electrons. The molecule has 124 valence electrons. The van der Waals surface area contributed by atoms with Gasteiger partial charge in [0.05, 0.1) is 10.9 Å². The van der Waals surface area contributed by atoms with Crippen LogP contribution in [0.1, 0.15) is 19.8 Å². The zero-order valence-electron chi connectivity index (χ0n) is 12.1. The topological polar surface area (TPSA) is 114 Å². The smallest absolute Gasteiger partial charge is 0.308 e. The average Bonchev–Trinajstić information content (AvgIpc) is 2.97. The van der Waals surface area contributed by atoms with Crippen molar-refractivity contribution in [2.75, 3.05) is 6.54 Å². The third-order valence-electron chi connectivity index (χ3n) is 4.16. The van der Waals surface area contributed by atoms with Crippen LogP contribution < -0.4 is 0 Å². The summed E-state index contributed by atoms with van der Waals surface area (Å²) in [4.78, 5) is 11.2. The van der Waals surface area contributed by atoms with Gasteiger partial charge in [-0.3, -0.25) is 4.79 Å². The molecule has 1 aromatic carbocycles. The van der Waals surface area contributed by atoms with E-state index in [1.165, 1.54) is 16.4 Å². The SMILES string of the molecule is C[C@@H]1[C@H](C(=O)O)CCCN1S(=O)(=O)c1ccc(Cl)c2nonc12. The minimum Gasteiger partial charge on any atom is -0.481 e. The number of hydrogen-bond donors (Lipinski definition) is 1. The van der Waals surface area contributed by atoms with E-state index in [4.69, 9.17) is 11.6 Å². The van der Waals surface area contributed by atoms with E-state index in [1.54, 1.807) is 6.92 Å². The van der Waals surface area contributed by atoms with Gasteiger partial charge in [-0.25, -0.2) is 13.0 Å². The zero-order chi connectivity index (χ0) is 16.8. The highest BCUT2D eigenvalue weighted by molar-refractivity contribution is 7.89. The molecule has 0 bridgehead atoms. The number of nitrogens with zero attached hydrogens (tertiary/aromatic N) is 3. The molecule has 1 fully saturated rings. The third-order valence-corrected chi connectivity index (χ3v) is 6.49. The van der Waals surface area contributed by atoms with Crippen molar-refractivity contribution in [3.63, 3.8) is 0 Å². The van der Waals surface area contributed by atoms with Crippen LogP contribution in [-0.4, -0.2) is 46.7 Å². The van der Waals surface area contributed by atoms with E-state index in [2.05, 4.69) is 14.9 Å². The second-order valence-corrected chi connectivity index (χ2v) is 7.72. The number of piperidine rings is 1. The Hall–Kier alpha value is -1.71. The Balaban J connectivity index is 2.08. The highest BCUT2D eigenvalue weighted by Gasteiger charge is 2.40. The Kier molecular flexibility index (Phi) is 4.03. The molecule has 0 saturated carbocycles. The second kappa shape index (κ2) is 5.73. The number of aliphatic carboxylic acids is 1. The number of benzene rings is 1. The minimum absolute atomic E-state index is 0.0437. The van der Waals surface area contributed by atoms with Gasteiger partial charge in [0.25, 0.3) is 0 Å². The summed E-state index contributed by atoms with van der Waals surface area (Å²) in [6.45, 7) is 1.85. The fourth-order valence-electron chi connectivity index (χ4n) is 2.93. The van der Waals surface area contributed by atoms with Crippen LogP contribution in [0.2, 0.25) is 5.02 Å². The molecule has 8 nitrogen and oxygen atoms in total. The van der Waals surface area contributed by atoms with Gasteiger partial charge in [-0.1, -0.05) is 11.6 Å². The van der Waals surface area contributed by atoms with Gasteiger partial charge in [-0.2, -0.15) is 4.31 Å². The largest absolute Gasteiger partial charge is 0.481 e. The summed E-state index contributed by atoms with van der Waals surface area (Å²) < 4.78 is 31.7. The lowest BCUT2D eigenvalue weighted by Crippen LogP contribution is -2.49. The van der Waals surface area contributed by atoms with E-state index in [9.17, 15) is 18.3 Å². The molecule has 1 aliphatic rings. The fraction of sp³-hybridized carbons (Fsp3) is 0.462. The van der Waals surface area contributed by atoms with E-state index in [0.717, 1.165) is 0 Å². The predicted octanol–water partition coefficient (Wildman–Crippen LogP) is 1.75. The maximum atomic E-state index is 13.0. The number of sulfonamides is 1. The van der Waals surface area contributed by atoms with Gasteiger partial charge in [0.1, 0.15) is 4.90 Å². The lowest BCUT2D eigenvalue weighted by atomic mass is 9.92. The molecule has 2 atom stereocenters. The van der Waals surface area contributed by atoms with E-state index in [-0.39, 0.29) is 27.5 Å². The summed E-state index contributed by atoms with van der Waals surface area (Å²) in [5.74, 6) is -1.74. The molecule has 2 heterocycles. The first-order valence-electron chi connectivity index (χ1n) is 6.99. The molecule has 0 aliphatic carbocycles. The van der Waals surface area contributed by atoms with Crippen molar-refractivity contribution in [3.05, 3.63) is 17.2 Å². The van der Waals surface area contributed by atoms with Crippen molar-refractivity contribution in [2.45, 2.75) is 30.7 Å². The highest BCUT2D eigenvalue weighted by Crippen LogP contribution is 2.33. The van der Waals surface area contributed by atoms with Crippen LogP contribution in [0.3, 0.4) is 0 Å². The van der Waals surface area contributed by atoms with E-state index in [1.807, 2.05) is 0 Å². The van der Waals surface area contributed by atoms with E-state index >= 15 is 0 Å². The van der Waals surface area contributed by atoms with Crippen molar-refractivity contribution >= 4 is 38.6 Å². The molecule has 2 aromatic rings. The number of rotatable bonds is 3. The van der Waals surface area contributed by atoms with Gasteiger partial charge in [-0.05, 0) is 42.2 Å². The van der Waals surface area contributed by atoms with Gasteiger partial charge < -0.3 is 5.11 Å². The van der Waals surface area contributed by atoms with Crippen LogP contribution >= 0.6 is 11.6 Å². The summed E-state index contributed by atoms with van der Waals surface area (Å²) in [6.07, 6.45) is 0.929. The number of hydrogen-bond acceptors (Lipinski definition) is 6. The Morgan fingerprint density at radius 3 is 2.78 bits per heavy atom. The molecule has 0 unspecified atom stereocenters. The first-order valence-corrected chi connectivity index (χ1v) is 8.81. The normalized spacial score (nSPS) is 23.2. The van der Waals surface area contributed by atoms with E-state index in [0.29, 0.717) is 12.8 Å². The molecule has 3 rings (SSSR count). The van der Waals surface area contributed by atoms with Crippen molar-refractivity contribution in [1.82, 2.24) is 14.6 Å². The van der Waals surface area contributed by atoms with Crippen molar-refractivity contribution in [1.29, 1.82) is 0 Å². The molecule has 1 saturated heterocycles. The van der Waals surface area contributed by atoms with Gasteiger partial charge in [0.2, 0.25) is 10.0 Å². The van der Waals surface area contributed by atoms with Crippen LogP contribution in [0.5, 0.6) is 0 Å². The number of fused-ring (bicyclic) bond motifs is 1. The van der Waals surface area contributed by atoms with Gasteiger partial charge in [-0.15, -0.1) is 0 Å². The lowest BCUT2D eigenvalue weighted by Gasteiger charge is -2.36. The molecular weight excluding hydrogens is 346 g/mol. The first kappa shape index (κ1) is 16.2. The van der Waals surface area contributed by atoms with Gasteiger partial charge in [0, 0.05) is 12.6 Å². The van der Waals surface area contributed by atoms with E-state index < -0.39 is 28.0 Å². The summed E-state index contributed by atoms with van der Waals surface area (Å²) in [6, 6.07) is 2.09. The minimum atomic E-state index is -3.94. The molecule has 1 aliphatic heterocycles. The summed E-state index contributed by atoms with van der Waals surface area (Å²) >= 11 is 5.95. The molecular formula is C13H14ClN3O5S. The number of carboxylic acids is 1. The van der Waals surface area contributed by atoms with Crippen molar-refractivity contribution in [2.24, 2.45) is 5.92 Å². The lowest BCUT2D eigenvalue weighted by molar-refractivity contribution is -0.144. The molecule has 23 heavy (non-hydrogen) atoms. The standard InChI is InChI=1S/C13H14ClN3O5S/c1-7-8(13(18)19)3-2-6-17(7)23(20,21)10-5-4-9(14)11-12(10)16-22-15-11/h4-5,7-8H,2-3,6H2,1H3,(H,18,19)/t7-,8-/m1/s1. The summed E-state index contributed by atoms with van der Waals surface area (Å²) in [7, 11) is -3.94. The van der Waals surface area contributed by atoms with Crippen LogP contribution in [-0.2, 0) is 14.8 Å². The van der Waals surface area contributed by atoms with Crippen LogP contribution in [0.4, 0.5) is 0 Å². The number of aromatic nitrogens is 2. The zero-order valence-corrected chi connectivity index (χ0v) is 13.7. The van der Waals surface area contributed by atoms with Crippen LogP contribution in [0.25, 0.3) is 11.0 Å². The Morgan fingerprint density at radius 1 is 1.39 bits per heavy atom. The maximum absolute atomic E-state index is 13.0.